The third kappa shape index (κ3) is 4.09. The van der Waals surface area contributed by atoms with Gasteiger partial charge in [-0.1, -0.05) is 13.3 Å². The Morgan fingerprint density at radius 1 is 1.40 bits per heavy atom. The van der Waals surface area contributed by atoms with Crippen molar-refractivity contribution in [3.05, 3.63) is 23.5 Å². The molecule has 1 aromatic carbocycles. The number of sulfonamides is 1. The Morgan fingerprint density at radius 3 is 2.65 bits per heavy atom. The Labute approximate surface area is 117 Å². The first kappa shape index (κ1) is 16.2. The van der Waals surface area contributed by atoms with Crippen LogP contribution in [0.5, 0.6) is 0 Å². The van der Waals surface area contributed by atoms with Gasteiger partial charge in [-0.25, -0.2) is 22.3 Å². The molecular weight excluding hydrogens is 285 g/mol. The van der Waals surface area contributed by atoms with Crippen LogP contribution in [0.2, 0.25) is 0 Å². The van der Waals surface area contributed by atoms with Gasteiger partial charge in [0.2, 0.25) is 0 Å². The maximum Gasteiger partial charge on any atom is 0.328 e. The molecule has 0 atom stereocenters. The van der Waals surface area contributed by atoms with E-state index in [0.29, 0.717) is 6.54 Å². The van der Waals surface area contributed by atoms with Crippen LogP contribution in [-0.4, -0.2) is 21.0 Å². The molecule has 1 rings (SSSR count). The summed E-state index contributed by atoms with van der Waals surface area (Å²) in [5.41, 5.74) is 5.23. The summed E-state index contributed by atoms with van der Waals surface area (Å²) in [6.45, 7) is 3.75. The Bertz CT molecular complexity index is 602. The molecule has 2 amide bonds. The van der Waals surface area contributed by atoms with Crippen LogP contribution in [0.15, 0.2) is 17.0 Å². The maximum absolute atomic E-state index is 13.2. The molecule has 112 valence electrons. The zero-order chi connectivity index (χ0) is 15.3. The lowest BCUT2D eigenvalue weighted by Gasteiger charge is -2.11. The van der Waals surface area contributed by atoms with Crippen molar-refractivity contribution in [2.24, 2.45) is 0 Å². The van der Waals surface area contributed by atoms with Crippen LogP contribution in [0.4, 0.5) is 14.9 Å². The summed E-state index contributed by atoms with van der Waals surface area (Å²) >= 11 is 0. The highest BCUT2D eigenvalue weighted by Crippen LogP contribution is 2.21. The van der Waals surface area contributed by atoms with Crippen LogP contribution in [0.3, 0.4) is 0 Å². The molecule has 0 aromatic heterocycles. The lowest BCUT2D eigenvalue weighted by Crippen LogP contribution is -2.40. The molecule has 0 bridgehead atoms. The van der Waals surface area contributed by atoms with Gasteiger partial charge >= 0.3 is 6.03 Å². The molecule has 6 nitrogen and oxygen atoms in total. The first-order valence-corrected chi connectivity index (χ1v) is 7.62. The summed E-state index contributed by atoms with van der Waals surface area (Å²) in [5, 5.41) is 2.42. The lowest BCUT2D eigenvalue weighted by atomic mass is 10.2. The van der Waals surface area contributed by atoms with Crippen molar-refractivity contribution in [3.63, 3.8) is 0 Å². The van der Waals surface area contributed by atoms with Gasteiger partial charge in [0.05, 0.1) is 10.6 Å². The number of halogens is 1. The smallest absolute Gasteiger partial charge is 0.328 e. The second-order valence-electron chi connectivity index (χ2n) is 4.35. The Kier molecular flexibility index (Phi) is 5.32. The van der Waals surface area contributed by atoms with Crippen molar-refractivity contribution in [2.75, 3.05) is 12.3 Å². The van der Waals surface area contributed by atoms with Gasteiger partial charge in [0.25, 0.3) is 10.0 Å². The Hall–Kier alpha value is -1.83. The van der Waals surface area contributed by atoms with Crippen LogP contribution >= 0.6 is 0 Å². The highest BCUT2D eigenvalue weighted by Gasteiger charge is 2.21. The van der Waals surface area contributed by atoms with Crippen LogP contribution in [0, 0.1) is 12.7 Å². The van der Waals surface area contributed by atoms with Crippen LogP contribution in [0.1, 0.15) is 25.3 Å². The number of unbranched alkanes of at least 4 members (excludes halogenated alkanes) is 1. The normalized spacial score (nSPS) is 11.2. The highest BCUT2D eigenvalue weighted by molar-refractivity contribution is 7.90. The van der Waals surface area contributed by atoms with Crippen LogP contribution in [-0.2, 0) is 10.0 Å². The molecule has 8 heteroatoms. The number of amides is 2. The average Bonchev–Trinajstić information content (AvgIpc) is 2.33. The number of hydrogen-bond acceptors (Lipinski definition) is 4. The number of nitrogens with one attached hydrogen (secondary N) is 2. The fourth-order valence-corrected chi connectivity index (χ4v) is 2.74. The van der Waals surface area contributed by atoms with E-state index >= 15 is 0 Å². The number of anilines is 1. The van der Waals surface area contributed by atoms with Crippen LogP contribution < -0.4 is 15.8 Å². The average molecular weight is 303 g/mol. The van der Waals surface area contributed by atoms with Crippen molar-refractivity contribution in [1.82, 2.24) is 10.0 Å². The third-order valence-corrected chi connectivity index (χ3v) is 4.10. The molecule has 0 saturated heterocycles. The predicted octanol–water partition coefficient (Wildman–Crippen LogP) is 1.50. The second-order valence-corrected chi connectivity index (χ2v) is 6.00. The highest BCUT2D eigenvalue weighted by atomic mass is 32.2. The minimum atomic E-state index is -4.08. The number of nitrogen functional groups attached to an aromatic ring is 1. The number of hydrogen-bond donors (Lipinski definition) is 3. The SMILES string of the molecule is CCCCNC(=O)NS(=O)(=O)c1cc(N)c(F)cc1C. The number of urea groups is 1. The van der Waals surface area contributed by atoms with Gasteiger partial charge in [-0.2, -0.15) is 0 Å². The van der Waals surface area contributed by atoms with E-state index in [0.717, 1.165) is 25.0 Å². The van der Waals surface area contributed by atoms with E-state index in [1.54, 1.807) is 0 Å². The second kappa shape index (κ2) is 6.56. The van der Waals surface area contributed by atoms with Gasteiger partial charge in [0.15, 0.2) is 0 Å². The molecule has 1 aromatic rings. The minimum Gasteiger partial charge on any atom is -0.396 e. The van der Waals surface area contributed by atoms with Gasteiger partial charge in [-0.15, -0.1) is 0 Å². The topological polar surface area (TPSA) is 101 Å². The first-order chi connectivity index (χ1) is 9.27. The minimum absolute atomic E-state index is 0.172. The predicted molar refractivity (Wildman–Crippen MR) is 74.2 cm³/mol. The summed E-state index contributed by atoms with van der Waals surface area (Å²) in [4.78, 5) is 11.2. The van der Waals surface area contributed by atoms with Crippen LogP contribution in [0.25, 0.3) is 0 Å². The molecule has 0 saturated carbocycles. The molecule has 0 fully saturated rings. The van der Waals surface area contributed by atoms with Crippen molar-refractivity contribution in [2.45, 2.75) is 31.6 Å². The number of carbonyl (C=O) groups excluding carboxylic acids is 1. The number of rotatable bonds is 5. The van der Waals surface area contributed by atoms with Gasteiger partial charge in [-0.3, -0.25) is 0 Å². The van der Waals surface area contributed by atoms with E-state index in [-0.39, 0.29) is 16.1 Å². The van der Waals surface area contributed by atoms with Crippen molar-refractivity contribution < 1.29 is 17.6 Å². The molecule has 20 heavy (non-hydrogen) atoms. The molecule has 0 aliphatic heterocycles. The molecule has 0 spiro atoms. The fourth-order valence-electron chi connectivity index (χ4n) is 1.55. The van der Waals surface area contributed by atoms with E-state index in [9.17, 15) is 17.6 Å². The molecule has 4 N–H and O–H groups in total. The zero-order valence-electron chi connectivity index (χ0n) is 11.4. The van der Waals surface area contributed by atoms with Crippen molar-refractivity contribution in [3.8, 4) is 0 Å². The maximum atomic E-state index is 13.2. The van der Waals surface area contributed by atoms with E-state index < -0.39 is 21.9 Å². The summed E-state index contributed by atoms with van der Waals surface area (Å²) in [6, 6.07) is 1.19. The van der Waals surface area contributed by atoms with Gasteiger partial charge < -0.3 is 11.1 Å². The first-order valence-electron chi connectivity index (χ1n) is 6.14. The van der Waals surface area contributed by atoms with Gasteiger partial charge in [-0.05, 0) is 31.0 Å². The number of carbonyl (C=O) groups is 1. The van der Waals surface area contributed by atoms with E-state index in [1.165, 1.54) is 6.92 Å². The van der Waals surface area contributed by atoms with Crippen molar-refractivity contribution in [1.29, 1.82) is 0 Å². The molecular formula is C12H18FN3O3S. The summed E-state index contributed by atoms with van der Waals surface area (Å²) in [7, 11) is -4.08. The monoisotopic (exact) mass is 303 g/mol. The van der Waals surface area contributed by atoms with E-state index in [2.05, 4.69) is 5.32 Å². The van der Waals surface area contributed by atoms with Crippen molar-refractivity contribution >= 4 is 21.7 Å². The Morgan fingerprint density at radius 2 is 2.05 bits per heavy atom. The van der Waals surface area contributed by atoms with E-state index in [4.69, 9.17) is 5.73 Å². The number of aryl methyl sites for hydroxylation is 1. The molecule has 0 heterocycles. The molecule has 0 radical (unpaired) electrons. The summed E-state index contributed by atoms with van der Waals surface area (Å²) in [6.07, 6.45) is 1.62. The quantitative estimate of drug-likeness (QED) is 0.567. The Balaban J connectivity index is 2.89. The molecule has 0 aliphatic rings. The third-order valence-electron chi connectivity index (χ3n) is 2.63. The van der Waals surface area contributed by atoms with Gasteiger partial charge in [0, 0.05) is 6.54 Å². The van der Waals surface area contributed by atoms with Gasteiger partial charge in [0.1, 0.15) is 5.82 Å². The largest absolute Gasteiger partial charge is 0.396 e. The summed E-state index contributed by atoms with van der Waals surface area (Å²) in [5.74, 6) is -0.700. The zero-order valence-corrected chi connectivity index (χ0v) is 12.2. The van der Waals surface area contributed by atoms with E-state index in [1.807, 2.05) is 11.6 Å². The molecule has 0 unspecified atom stereocenters. The number of benzene rings is 1. The standard InChI is InChI=1S/C12H18FN3O3S/c1-3-4-5-15-12(17)16-20(18,19)11-7-10(14)9(13)6-8(11)2/h6-7H,3-5,14H2,1-2H3,(H2,15,16,17). The summed E-state index contributed by atoms with van der Waals surface area (Å²) < 4.78 is 39.1. The lowest BCUT2D eigenvalue weighted by molar-refractivity contribution is 0.245. The number of nitrogens with two attached hydrogens (primary N) is 1. The fraction of sp³-hybridized carbons (Fsp3) is 0.417. The molecule has 0 aliphatic carbocycles.